The molecule has 1 rings (SSSR count). The van der Waals surface area contributed by atoms with Crippen LogP contribution in [0, 0.1) is 0 Å². The Kier molecular flexibility index (Phi) is 3.92. The number of alkyl halides is 1. The minimum Gasteiger partial charge on any atom is -0.466 e. The van der Waals surface area contributed by atoms with Crippen LogP contribution >= 0.6 is 0 Å². The smallest absolute Gasteiger partial charge is 0.159 e. The highest BCUT2D eigenvalue weighted by Gasteiger charge is 2.16. The lowest BCUT2D eigenvalue weighted by atomic mass is 10.1. The van der Waals surface area contributed by atoms with Crippen LogP contribution in [-0.4, -0.2) is 13.7 Å². The summed E-state index contributed by atoms with van der Waals surface area (Å²) in [6, 6.07) is 1.71. The summed E-state index contributed by atoms with van der Waals surface area (Å²) in [5.41, 5.74) is 6.00. The van der Waals surface area contributed by atoms with Gasteiger partial charge < -0.3 is 14.9 Å². The van der Waals surface area contributed by atoms with Gasteiger partial charge in [0.15, 0.2) is 6.17 Å². The summed E-state index contributed by atoms with van der Waals surface area (Å²) in [7, 11) is 1.56. The molecule has 0 aliphatic heterocycles. The Labute approximate surface area is 76.7 Å². The molecule has 3 nitrogen and oxygen atoms in total. The summed E-state index contributed by atoms with van der Waals surface area (Å²) in [5.74, 6) is 0.340. The normalized spacial score (nSPS) is 13.2. The van der Waals surface area contributed by atoms with E-state index in [1.165, 1.54) is 6.26 Å². The Hall–Kier alpha value is -0.870. The summed E-state index contributed by atoms with van der Waals surface area (Å²) < 4.78 is 23.2. The van der Waals surface area contributed by atoms with Crippen molar-refractivity contribution in [3.8, 4) is 0 Å². The van der Waals surface area contributed by atoms with Crippen LogP contribution in [0.4, 0.5) is 4.39 Å². The Morgan fingerprint density at radius 1 is 1.69 bits per heavy atom. The number of methoxy groups -OCH3 is 1. The van der Waals surface area contributed by atoms with Crippen LogP contribution in [0.2, 0.25) is 0 Å². The average Bonchev–Trinajstić information content (AvgIpc) is 2.54. The van der Waals surface area contributed by atoms with E-state index in [0.29, 0.717) is 18.9 Å². The van der Waals surface area contributed by atoms with Gasteiger partial charge in [-0.25, -0.2) is 4.39 Å². The van der Waals surface area contributed by atoms with Crippen LogP contribution in [0.1, 0.15) is 23.9 Å². The van der Waals surface area contributed by atoms with E-state index < -0.39 is 6.17 Å². The van der Waals surface area contributed by atoms with Gasteiger partial charge in [0.1, 0.15) is 5.76 Å². The quantitative estimate of drug-likeness (QED) is 0.764. The van der Waals surface area contributed by atoms with Crippen molar-refractivity contribution in [2.45, 2.75) is 19.2 Å². The lowest BCUT2D eigenvalue weighted by Crippen LogP contribution is -2.04. The molecule has 1 unspecified atom stereocenters. The molecule has 0 aliphatic carbocycles. The summed E-state index contributed by atoms with van der Waals surface area (Å²) in [6.07, 6.45) is 0.627. The van der Waals surface area contributed by atoms with Gasteiger partial charge in [0, 0.05) is 12.7 Å². The van der Waals surface area contributed by atoms with Gasteiger partial charge in [0.25, 0.3) is 0 Å². The summed E-state index contributed by atoms with van der Waals surface area (Å²) >= 11 is 0. The lowest BCUT2D eigenvalue weighted by molar-refractivity contribution is 0.178. The molecule has 0 amide bonds. The van der Waals surface area contributed by atoms with Crippen LogP contribution in [0.3, 0.4) is 0 Å². The molecule has 2 N–H and O–H groups in total. The molecule has 0 saturated heterocycles. The minimum atomic E-state index is -1.12. The third kappa shape index (κ3) is 2.54. The van der Waals surface area contributed by atoms with Crippen molar-refractivity contribution in [2.75, 3.05) is 13.7 Å². The van der Waals surface area contributed by atoms with Gasteiger partial charge in [-0.1, -0.05) is 0 Å². The molecule has 4 heteroatoms. The fourth-order valence-electron chi connectivity index (χ4n) is 1.17. The number of halogens is 1. The molecule has 13 heavy (non-hydrogen) atoms. The Morgan fingerprint density at radius 2 is 2.46 bits per heavy atom. The predicted molar refractivity (Wildman–Crippen MR) is 46.9 cm³/mol. The van der Waals surface area contributed by atoms with E-state index in [4.69, 9.17) is 14.9 Å². The third-order valence-electron chi connectivity index (χ3n) is 1.79. The van der Waals surface area contributed by atoms with Crippen molar-refractivity contribution in [1.29, 1.82) is 0 Å². The zero-order valence-electron chi connectivity index (χ0n) is 7.63. The van der Waals surface area contributed by atoms with E-state index in [2.05, 4.69) is 0 Å². The van der Waals surface area contributed by atoms with Crippen molar-refractivity contribution < 1.29 is 13.5 Å². The van der Waals surface area contributed by atoms with Gasteiger partial charge in [-0.15, -0.1) is 0 Å². The number of hydrogen-bond acceptors (Lipinski definition) is 3. The molecule has 1 heterocycles. The van der Waals surface area contributed by atoms with Crippen molar-refractivity contribution in [2.24, 2.45) is 5.73 Å². The van der Waals surface area contributed by atoms with Gasteiger partial charge >= 0.3 is 0 Å². The van der Waals surface area contributed by atoms with Gasteiger partial charge in [0.05, 0.1) is 12.9 Å². The first-order valence-electron chi connectivity index (χ1n) is 4.19. The topological polar surface area (TPSA) is 48.4 Å². The largest absolute Gasteiger partial charge is 0.466 e. The zero-order chi connectivity index (χ0) is 9.68. The standard InChI is InChI=1S/C9H14FNO2/c1-12-6-7-3-5-13-9(7)8(10)2-4-11/h3,5,8H,2,4,6,11H2,1H3. The van der Waals surface area contributed by atoms with Gasteiger partial charge in [-0.3, -0.25) is 0 Å². The highest BCUT2D eigenvalue weighted by Crippen LogP contribution is 2.25. The van der Waals surface area contributed by atoms with E-state index in [1.807, 2.05) is 0 Å². The number of rotatable bonds is 5. The molecule has 1 aromatic heterocycles. The fourth-order valence-corrected chi connectivity index (χ4v) is 1.17. The maximum absolute atomic E-state index is 13.3. The number of hydrogen-bond donors (Lipinski definition) is 1. The minimum absolute atomic E-state index is 0.282. The average molecular weight is 187 g/mol. The Morgan fingerprint density at radius 3 is 3.08 bits per heavy atom. The zero-order valence-corrected chi connectivity index (χ0v) is 7.63. The summed E-state index contributed by atoms with van der Waals surface area (Å²) in [4.78, 5) is 0. The highest BCUT2D eigenvalue weighted by molar-refractivity contribution is 5.18. The molecule has 1 atom stereocenters. The van der Waals surface area contributed by atoms with Gasteiger partial charge in [0.2, 0.25) is 0 Å². The van der Waals surface area contributed by atoms with E-state index in [-0.39, 0.29) is 6.42 Å². The fraction of sp³-hybridized carbons (Fsp3) is 0.556. The van der Waals surface area contributed by atoms with Crippen LogP contribution < -0.4 is 5.73 Å². The molecular formula is C9H14FNO2. The lowest BCUT2D eigenvalue weighted by Gasteiger charge is -2.05. The number of furan rings is 1. The second kappa shape index (κ2) is 4.99. The second-order valence-electron chi connectivity index (χ2n) is 2.79. The molecule has 0 aliphatic rings. The molecule has 0 spiro atoms. The molecular weight excluding hydrogens is 173 g/mol. The first kappa shape index (κ1) is 10.2. The third-order valence-corrected chi connectivity index (χ3v) is 1.79. The Balaban J connectivity index is 2.68. The monoisotopic (exact) mass is 187 g/mol. The first-order valence-corrected chi connectivity index (χ1v) is 4.19. The van der Waals surface area contributed by atoms with E-state index >= 15 is 0 Å². The molecule has 0 saturated carbocycles. The van der Waals surface area contributed by atoms with Crippen LogP contribution in [-0.2, 0) is 11.3 Å². The maximum atomic E-state index is 13.3. The van der Waals surface area contributed by atoms with Gasteiger partial charge in [-0.05, 0) is 19.0 Å². The number of nitrogens with two attached hydrogens (primary N) is 1. The molecule has 0 fully saturated rings. The van der Waals surface area contributed by atoms with Crippen LogP contribution in [0.15, 0.2) is 16.7 Å². The predicted octanol–water partition coefficient (Wildman–Crippen LogP) is 1.79. The molecule has 0 radical (unpaired) electrons. The Bertz CT molecular complexity index is 250. The SMILES string of the molecule is COCc1ccoc1C(F)CCN. The molecule has 1 aromatic rings. The van der Waals surface area contributed by atoms with Crippen molar-refractivity contribution in [1.82, 2.24) is 0 Å². The van der Waals surface area contributed by atoms with E-state index in [9.17, 15) is 4.39 Å². The molecule has 0 aromatic carbocycles. The summed E-state index contributed by atoms with van der Waals surface area (Å²) in [5, 5.41) is 0. The maximum Gasteiger partial charge on any atom is 0.159 e. The van der Waals surface area contributed by atoms with Crippen molar-refractivity contribution in [3.63, 3.8) is 0 Å². The van der Waals surface area contributed by atoms with Crippen LogP contribution in [0.5, 0.6) is 0 Å². The highest BCUT2D eigenvalue weighted by atomic mass is 19.1. The first-order chi connectivity index (χ1) is 6.29. The summed E-state index contributed by atoms with van der Waals surface area (Å²) in [6.45, 7) is 0.686. The van der Waals surface area contributed by atoms with Crippen molar-refractivity contribution >= 4 is 0 Å². The second-order valence-corrected chi connectivity index (χ2v) is 2.79. The van der Waals surface area contributed by atoms with Crippen molar-refractivity contribution in [3.05, 3.63) is 23.7 Å². The molecule has 74 valence electrons. The van der Waals surface area contributed by atoms with Crippen LogP contribution in [0.25, 0.3) is 0 Å². The van der Waals surface area contributed by atoms with E-state index in [0.717, 1.165) is 5.56 Å². The van der Waals surface area contributed by atoms with Gasteiger partial charge in [-0.2, -0.15) is 0 Å². The molecule has 0 bridgehead atoms. The van der Waals surface area contributed by atoms with E-state index in [1.54, 1.807) is 13.2 Å². The number of ether oxygens (including phenoxy) is 1.